The zero-order chi connectivity index (χ0) is 41.0. The molecular formula is C61H41N. The van der Waals surface area contributed by atoms with Crippen LogP contribution in [0.1, 0.15) is 22.3 Å². The lowest BCUT2D eigenvalue weighted by atomic mass is 9.67. The van der Waals surface area contributed by atoms with E-state index < -0.39 is 5.41 Å². The minimum absolute atomic E-state index is 0.505. The van der Waals surface area contributed by atoms with Crippen molar-refractivity contribution < 1.29 is 0 Å². The molecule has 0 bridgehead atoms. The maximum atomic E-state index is 2.46. The number of benzene rings is 11. The molecule has 0 amide bonds. The van der Waals surface area contributed by atoms with Crippen LogP contribution in [-0.2, 0) is 5.41 Å². The maximum Gasteiger partial charge on any atom is 0.0714 e. The molecule has 0 unspecified atom stereocenters. The zero-order valence-corrected chi connectivity index (χ0v) is 34.1. The van der Waals surface area contributed by atoms with Crippen molar-refractivity contribution in [3.63, 3.8) is 0 Å². The summed E-state index contributed by atoms with van der Waals surface area (Å²) in [6.07, 6.45) is 0. The van der Waals surface area contributed by atoms with E-state index in [2.05, 4.69) is 254 Å². The van der Waals surface area contributed by atoms with Crippen molar-refractivity contribution in [2.75, 3.05) is 4.90 Å². The second-order valence-corrected chi connectivity index (χ2v) is 16.4. The summed E-state index contributed by atoms with van der Waals surface area (Å²) in [5, 5.41) is 7.57. The minimum Gasteiger partial charge on any atom is -0.310 e. The van der Waals surface area contributed by atoms with Crippen molar-refractivity contribution in [3.05, 3.63) is 271 Å². The molecule has 0 atom stereocenters. The Balaban J connectivity index is 1.05. The number of anilines is 3. The molecule has 1 nitrogen and oxygen atoms in total. The van der Waals surface area contributed by atoms with Crippen molar-refractivity contribution in [3.8, 4) is 33.4 Å². The number of hydrogen-bond donors (Lipinski definition) is 0. The van der Waals surface area contributed by atoms with Crippen LogP contribution < -0.4 is 4.90 Å². The third-order valence-corrected chi connectivity index (χ3v) is 13.1. The Kier molecular flexibility index (Phi) is 8.47. The van der Waals surface area contributed by atoms with E-state index in [0.717, 1.165) is 17.1 Å². The molecule has 1 aliphatic carbocycles. The topological polar surface area (TPSA) is 3.24 Å². The summed E-state index contributed by atoms with van der Waals surface area (Å²) >= 11 is 0. The van der Waals surface area contributed by atoms with E-state index in [1.807, 2.05) is 0 Å². The molecule has 0 N–H and O–H groups in total. The van der Waals surface area contributed by atoms with Crippen LogP contribution in [0.2, 0.25) is 0 Å². The first-order chi connectivity index (χ1) is 30.8. The van der Waals surface area contributed by atoms with Crippen molar-refractivity contribution in [1.29, 1.82) is 0 Å². The first kappa shape index (κ1) is 35.9. The SMILES string of the molecule is c1ccc(C2(c3ccccc3)c3ccccc3-c3ccc(N(c4ccc(-c5cccc6ccccc56)cc4)c4ccc(-c5cc6ccccc6c6ccccc56)cc4)cc32)cc1. The van der Waals surface area contributed by atoms with E-state index in [-0.39, 0.29) is 0 Å². The summed E-state index contributed by atoms with van der Waals surface area (Å²) in [4.78, 5) is 2.43. The van der Waals surface area contributed by atoms with E-state index in [4.69, 9.17) is 0 Å². The summed E-state index contributed by atoms with van der Waals surface area (Å²) in [5.74, 6) is 0. The summed E-state index contributed by atoms with van der Waals surface area (Å²) in [7, 11) is 0. The van der Waals surface area contributed by atoms with Crippen LogP contribution in [0.3, 0.4) is 0 Å². The Morgan fingerprint density at radius 3 is 1.44 bits per heavy atom. The van der Waals surface area contributed by atoms with Crippen molar-refractivity contribution in [2.45, 2.75) is 5.41 Å². The smallest absolute Gasteiger partial charge is 0.0714 e. The Labute approximate surface area is 362 Å². The Bertz CT molecular complexity index is 3400. The van der Waals surface area contributed by atoms with E-state index in [9.17, 15) is 0 Å². The predicted octanol–water partition coefficient (Wildman–Crippen LogP) is 16.3. The standard InChI is InChI=1S/C61H41N/c1-3-19-46(20-4-1)61(47-21-5-2-6-22-47)59-29-14-13-27-56(59)57-39-38-50(41-60(57)61)62(48-34-30-43(31-35-48)52-28-15-18-42-16-7-9-23-51(42)52)49-36-32-44(33-37-49)58-40-45-17-8-10-24-53(45)54-25-11-12-26-55(54)58/h1-41H. The third kappa shape index (κ3) is 5.63. The minimum atomic E-state index is -0.505. The highest BCUT2D eigenvalue weighted by Crippen LogP contribution is 2.57. The van der Waals surface area contributed by atoms with Crippen LogP contribution in [0.5, 0.6) is 0 Å². The first-order valence-electron chi connectivity index (χ1n) is 21.5. The molecule has 0 radical (unpaired) electrons. The lowest BCUT2D eigenvalue weighted by Crippen LogP contribution is -2.28. The molecule has 0 saturated carbocycles. The van der Waals surface area contributed by atoms with Gasteiger partial charge < -0.3 is 4.90 Å². The lowest BCUT2D eigenvalue weighted by molar-refractivity contribution is 0.768. The van der Waals surface area contributed by atoms with Gasteiger partial charge in [0.25, 0.3) is 0 Å². The van der Waals surface area contributed by atoms with Gasteiger partial charge in [-0.05, 0) is 130 Å². The normalized spacial score (nSPS) is 12.6. The second-order valence-electron chi connectivity index (χ2n) is 16.4. The van der Waals surface area contributed by atoms with Crippen molar-refractivity contribution >= 4 is 49.4 Å². The van der Waals surface area contributed by atoms with E-state index in [1.54, 1.807) is 0 Å². The van der Waals surface area contributed by atoms with E-state index in [1.165, 1.54) is 88.0 Å². The second kappa shape index (κ2) is 14.6. The molecule has 1 heteroatoms. The summed E-state index contributed by atoms with van der Waals surface area (Å²) in [6.45, 7) is 0. The average Bonchev–Trinajstić information content (AvgIpc) is 3.65. The van der Waals surface area contributed by atoms with Gasteiger partial charge in [0.2, 0.25) is 0 Å². The van der Waals surface area contributed by atoms with Crippen LogP contribution in [0.15, 0.2) is 249 Å². The van der Waals surface area contributed by atoms with E-state index >= 15 is 0 Å². The molecule has 0 heterocycles. The molecule has 0 saturated heterocycles. The lowest BCUT2D eigenvalue weighted by Gasteiger charge is -2.35. The molecule has 0 fully saturated rings. The highest BCUT2D eigenvalue weighted by molar-refractivity contribution is 6.13. The summed E-state index contributed by atoms with van der Waals surface area (Å²) < 4.78 is 0. The number of rotatable bonds is 7. The van der Waals surface area contributed by atoms with Gasteiger partial charge in [0.1, 0.15) is 0 Å². The largest absolute Gasteiger partial charge is 0.310 e. The van der Waals surface area contributed by atoms with Gasteiger partial charge in [-0.25, -0.2) is 0 Å². The fourth-order valence-corrected chi connectivity index (χ4v) is 10.4. The van der Waals surface area contributed by atoms with Crippen LogP contribution in [0.4, 0.5) is 17.1 Å². The van der Waals surface area contributed by atoms with Crippen LogP contribution in [0, 0.1) is 0 Å². The third-order valence-electron chi connectivity index (χ3n) is 13.1. The molecule has 11 aromatic carbocycles. The fraction of sp³-hybridized carbons (Fsp3) is 0.0164. The Hall–Kier alpha value is -8.00. The highest BCUT2D eigenvalue weighted by atomic mass is 15.1. The predicted molar refractivity (Wildman–Crippen MR) is 262 cm³/mol. The van der Waals surface area contributed by atoms with Crippen molar-refractivity contribution in [2.24, 2.45) is 0 Å². The van der Waals surface area contributed by atoms with Gasteiger partial charge in [0.05, 0.1) is 5.41 Å². The average molecular weight is 788 g/mol. The Morgan fingerprint density at radius 2 is 0.742 bits per heavy atom. The zero-order valence-electron chi connectivity index (χ0n) is 34.1. The first-order valence-corrected chi connectivity index (χ1v) is 21.5. The molecule has 11 aromatic rings. The van der Waals surface area contributed by atoms with Gasteiger partial charge in [0.15, 0.2) is 0 Å². The molecule has 290 valence electrons. The number of hydrogen-bond acceptors (Lipinski definition) is 1. The summed E-state index contributed by atoms with van der Waals surface area (Å²) in [5.41, 5.74) is 15.3. The van der Waals surface area contributed by atoms with Gasteiger partial charge in [0, 0.05) is 17.1 Å². The fourth-order valence-electron chi connectivity index (χ4n) is 10.4. The number of nitrogens with zero attached hydrogens (tertiary/aromatic N) is 1. The number of fused-ring (bicyclic) bond motifs is 7. The molecule has 0 aliphatic heterocycles. The molecule has 62 heavy (non-hydrogen) atoms. The molecule has 0 spiro atoms. The van der Waals surface area contributed by atoms with Gasteiger partial charge in [-0.3, -0.25) is 0 Å². The van der Waals surface area contributed by atoms with Gasteiger partial charge in [-0.15, -0.1) is 0 Å². The van der Waals surface area contributed by atoms with Gasteiger partial charge in [-0.2, -0.15) is 0 Å². The van der Waals surface area contributed by atoms with Crippen LogP contribution in [-0.4, -0.2) is 0 Å². The summed E-state index contributed by atoms with van der Waals surface area (Å²) in [6, 6.07) is 91.6. The molecule has 1 aliphatic rings. The van der Waals surface area contributed by atoms with Crippen molar-refractivity contribution in [1.82, 2.24) is 0 Å². The monoisotopic (exact) mass is 787 g/mol. The molecule has 12 rings (SSSR count). The molecule has 0 aromatic heterocycles. The maximum absolute atomic E-state index is 2.46. The highest BCUT2D eigenvalue weighted by Gasteiger charge is 2.46. The molecular weight excluding hydrogens is 747 g/mol. The van der Waals surface area contributed by atoms with Gasteiger partial charge in [-0.1, -0.05) is 206 Å². The Morgan fingerprint density at radius 1 is 0.258 bits per heavy atom. The van der Waals surface area contributed by atoms with Gasteiger partial charge >= 0.3 is 0 Å². The van der Waals surface area contributed by atoms with Crippen LogP contribution >= 0.6 is 0 Å². The van der Waals surface area contributed by atoms with Crippen LogP contribution in [0.25, 0.3) is 65.7 Å². The van der Waals surface area contributed by atoms with E-state index in [0.29, 0.717) is 0 Å². The quantitative estimate of drug-likeness (QED) is 0.145.